The van der Waals surface area contributed by atoms with Crippen LogP contribution in [0, 0.1) is 0 Å². The second kappa shape index (κ2) is 58.8. The summed E-state index contributed by atoms with van der Waals surface area (Å²) in [6.07, 6.45) is 80.5. The van der Waals surface area contributed by atoms with Crippen molar-refractivity contribution in [3.63, 3.8) is 0 Å². The average molecular weight is 1100 g/mol. The van der Waals surface area contributed by atoms with Gasteiger partial charge in [0.25, 0.3) is 7.82 Å². The molecular weight excluding hydrogens is 972 g/mol. The van der Waals surface area contributed by atoms with E-state index < -0.39 is 26.6 Å². The number of amides is 1. The van der Waals surface area contributed by atoms with Gasteiger partial charge in [-0.3, -0.25) is 9.36 Å². The van der Waals surface area contributed by atoms with Crippen LogP contribution in [0.3, 0.4) is 0 Å². The third-order valence-electron chi connectivity index (χ3n) is 14.9. The largest absolute Gasteiger partial charge is 0.756 e. The standard InChI is InChI=1S/C68H129N2O6P/c1-6-8-10-12-14-16-18-20-22-24-26-28-30-32-34-35-36-38-40-42-44-46-48-50-52-54-56-58-60-62-68(72)69-66(65-76-77(73,74)75-64-63-70(3,4)5)67(71)61-59-57-55-53-51-49-47-45-43-41-39-37-33-31-29-27-25-23-21-19-17-15-13-11-9-7-2/h18,20,24,26,43,45,51,53,59,61,66-67,71H,6-17,19,21-23,25,27-42,44,46-50,52,54-58,60,62-65H2,1-5H3,(H-,69,72,73,74)/b20-18-,26-24-,45-43+,53-51+,61-59+. The molecule has 0 rings (SSSR count). The van der Waals surface area contributed by atoms with Gasteiger partial charge in [0, 0.05) is 6.42 Å². The molecule has 1 amide bonds. The van der Waals surface area contributed by atoms with Gasteiger partial charge >= 0.3 is 0 Å². The molecule has 452 valence electrons. The molecule has 3 atom stereocenters. The topological polar surface area (TPSA) is 108 Å². The molecule has 0 spiro atoms. The Labute approximate surface area is 479 Å². The minimum absolute atomic E-state index is 0.00936. The summed E-state index contributed by atoms with van der Waals surface area (Å²) < 4.78 is 23.4. The van der Waals surface area contributed by atoms with Crippen LogP contribution < -0.4 is 10.2 Å². The molecule has 0 bridgehead atoms. The number of nitrogens with zero attached hydrogens (tertiary/aromatic N) is 1. The Hall–Kier alpha value is -1.80. The van der Waals surface area contributed by atoms with Gasteiger partial charge in [0.1, 0.15) is 13.2 Å². The van der Waals surface area contributed by atoms with Crippen LogP contribution >= 0.6 is 7.82 Å². The molecule has 9 heteroatoms. The van der Waals surface area contributed by atoms with E-state index in [1.165, 1.54) is 244 Å². The SMILES string of the molecule is CCCCCCC/C=C\C/C=C\CCCCCCCCCCCCCCCCCCCC(=O)NC(COP(=O)([O-])OCC[N+](C)(C)C)C(O)/C=C/CC/C=C/CC/C=C/CCCCCCCCCCCCCCCCCC. The van der Waals surface area contributed by atoms with Crippen molar-refractivity contribution < 1.29 is 32.9 Å². The van der Waals surface area contributed by atoms with Gasteiger partial charge in [-0.1, -0.05) is 293 Å². The van der Waals surface area contributed by atoms with Crippen LogP contribution in [0.25, 0.3) is 0 Å². The third kappa shape index (κ3) is 61.7. The van der Waals surface area contributed by atoms with Crippen LogP contribution in [0.5, 0.6) is 0 Å². The molecular formula is C68H129N2O6P. The lowest BCUT2D eigenvalue weighted by Crippen LogP contribution is -2.45. The molecule has 0 aliphatic heterocycles. The number of quaternary nitrogens is 1. The molecule has 0 aromatic heterocycles. The first-order chi connectivity index (χ1) is 37.5. The van der Waals surface area contributed by atoms with Crippen molar-refractivity contribution in [2.75, 3.05) is 40.9 Å². The Morgan fingerprint density at radius 1 is 0.455 bits per heavy atom. The summed E-state index contributed by atoms with van der Waals surface area (Å²) in [6.45, 7) is 4.65. The van der Waals surface area contributed by atoms with E-state index in [-0.39, 0.29) is 12.5 Å². The van der Waals surface area contributed by atoms with Gasteiger partial charge in [0.2, 0.25) is 5.91 Å². The highest BCUT2D eigenvalue weighted by Crippen LogP contribution is 2.38. The minimum Gasteiger partial charge on any atom is -0.756 e. The maximum absolute atomic E-state index is 13.0. The number of phosphoric acid groups is 1. The zero-order chi connectivity index (χ0) is 56.3. The number of aliphatic hydroxyl groups is 1. The van der Waals surface area contributed by atoms with E-state index >= 15 is 0 Å². The maximum Gasteiger partial charge on any atom is 0.268 e. The maximum atomic E-state index is 13.0. The van der Waals surface area contributed by atoms with E-state index in [1.807, 2.05) is 27.2 Å². The molecule has 3 unspecified atom stereocenters. The van der Waals surface area contributed by atoms with Crippen LogP contribution in [0.4, 0.5) is 0 Å². The summed E-state index contributed by atoms with van der Waals surface area (Å²) in [6, 6.07) is -0.912. The summed E-state index contributed by atoms with van der Waals surface area (Å²) in [5, 5.41) is 13.9. The van der Waals surface area contributed by atoms with Gasteiger partial charge in [0.05, 0.1) is 39.9 Å². The second-order valence-electron chi connectivity index (χ2n) is 23.8. The number of allylic oxidation sites excluding steroid dienone is 9. The number of nitrogens with one attached hydrogen (secondary N) is 1. The summed E-state index contributed by atoms with van der Waals surface area (Å²) in [5.74, 6) is -0.208. The summed E-state index contributed by atoms with van der Waals surface area (Å²) in [5.41, 5.74) is 0. The molecule has 0 aromatic rings. The van der Waals surface area contributed by atoms with Crippen LogP contribution in [-0.2, 0) is 18.4 Å². The quantitative estimate of drug-likeness (QED) is 0.0272. The Bertz CT molecular complexity index is 1440. The lowest BCUT2D eigenvalue weighted by Gasteiger charge is -2.29. The fourth-order valence-corrected chi connectivity index (χ4v) is 10.5. The molecule has 77 heavy (non-hydrogen) atoms. The van der Waals surface area contributed by atoms with E-state index in [9.17, 15) is 19.4 Å². The van der Waals surface area contributed by atoms with Gasteiger partial charge < -0.3 is 28.8 Å². The van der Waals surface area contributed by atoms with Crippen molar-refractivity contribution in [3.8, 4) is 0 Å². The normalized spacial score (nSPS) is 14.1. The van der Waals surface area contributed by atoms with Crippen molar-refractivity contribution in [1.82, 2.24) is 5.32 Å². The lowest BCUT2D eigenvalue weighted by atomic mass is 10.0. The number of rotatable bonds is 61. The first-order valence-corrected chi connectivity index (χ1v) is 34.6. The first kappa shape index (κ1) is 75.2. The van der Waals surface area contributed by atoms with E-state index in [0.717, 1.165) is 51.4 Å². The molecule has 8 nitrogen and oxygen atoms in total. The van der Waals surface area contributed by atoms with Crippen LogP contribution in [0.1, 0.15) is 316 Å². The minimum atomic E-state index is -4.62. The molecule has 2 N–H and O–H groups in total. The average Bonchev–Trinajstić information content (AvgIpc) is 3.39. The predicted molar refractivity (Wildman–Crippen MR) is 334 cm³/mol. The molecule has 0 radical (unpaired) electrons. The van der Waals surface area contributed by atoms with Crippen molar-refractivity contribution in [2.24, 2.45) is 0 Å². The number of carbonyl (C=O) groups is 1. The highest BCUT2D eigenvalue weighted by molar-refractivity contribution is 7.45. The van der Waals surface area contributed by atoms with Gasteiger partial charge in [-0.2, -0.15) is 0 Å². The Balaban J connectivity index is 4.16. The molecule has 0 aliphatic carbocycles. The van der Waals surface area contributed by atoms with E-state index in [1.54, 1.807) is 6.08 Å². The van der Waals surface area contributed by atoms with Crippen molar-refractivity contribution >= 4 is 13.7 Å². The summed E-state index contributed by atoms with van der Waals surface area (Å²) in [4.78, 5) is 25.6. The number of likely N-dealkylation sites (N-methyl/N-ethyl adjacent to an activating group) is 1. The molecule has 0 heterocycles. The molecule has 0 aromatic carbocycles. The number of aliphatic hydroxyl groups excluding tert-OH is 1. The van der Waals surface area contributed by atoms with Gasteiger partial charge in [0.15, 0.2) is 0 Å². The Kier molecular flexibility index (Phi) is 57.5. The Morgan fingerprint density at radius 3 is 1.13 bits per heavy atom. The zero-order valence-electron chi connectivity index (χ0n) is 51.7. The number of hydrogen-bond acceptors (Lipinski definition) is 6. The monoisotopic (exact) mass is 1100 g/mol. The summed E-state index contributed by atoms with van der Waals surface area (Å²) in [7, 11) is 1.24. The molecule has 0 fully saturated rings. The van der Waals surface area contributed by atoms with Crippen molar-refractivity contribution in [1.29, 1.82) is 0 Å². The third-order valence-corrected chi connectivity index (χ3v) is 15.9. The van der Waals surface area contributed by atoms with Crippen LogP contribution in [0.15, 0.2) is 60.8 Å². The lowest BCUT2D eigenvalue weighted by molar-refractivity contribution is -0.870. The fourth-order valence-electron chi connectivity index (χ4n) is 9.75. The van der Waals surface area contributed by atoms with Gasteiger partial charge in [-0.05, 0) is 77.0 Å². The predicted octanol–water partition coefficient (Wildman–Crippen LogP) is 20.2. The number of unbranched alkanes of at least 4 members (excludes halogenated alkanes) is 40. The van der Waals surface area contributed by atoms with E-state index in [2.05, 4.69) is 67.8 Å². The first-order valence-electron chi connectivity index (χ1n) is 33.2. The zero-order valence-corrected chi connectivity index (χ0v) is 52.6. The van der Waals surface area contributed by atoms with Crippen LogP contribution in [-0.4, -0.2) is 68.5 Å². The highest BCUT2D eigenvalue weighted by Gasteiger charge is 2.23. The molecule has 0 saturated carbocycles. The fraction of sp³-hybridized carbons (Fsp3) is 0.838. The van der Waals surface area contributed by atoms with Crippen molar-refractivity contribution in [3.05, 3.63) is 60.8 Å². The van der Waals surface area contributed by atoms with Gasteiger partial charge in [-0.25, -0.2) is 0 Å². The molecule has 0 saturated heterocycles. The second-order valence-corrected chi connectivity index (χ2v) is 25.2. The number of phosphoric ester groups is 1. The smallest absolute Gasteiger partial charge is 0.268 e. The van der Waals surface area contributed by atoms with E-state index in [0.29, 0.717) is 17.4 Å². The van der Waals surface area contributed by atoms with E-state index in [4.69, 9.17) is 9.05 Å². The molecule has 0 aliphatic rings. The number of carbonyl (C=O) groups excluding carboxylic acids is 1. The summed E-state index contributed by atoms with van der Waals surface area (Å²) >= 11 is 0. The highest BCUT2D eigenvalue weighted by atomic mass is 31.2. The van der Waals surface area contributed by atoms with Crippen molar-refractivity contribution in [2.45, 2.75) is 328 Å². The van der Waals surface area contributed by atoms with Gasteiger partial charge in [-0.15, -0.1) is 0 Å². The number of hydrogen-bond donors (Lipinski definition) is 2. The Morgan fingerprint density at radius 2 is 0.766 bits per heavy atom. The van der Waals surface area contributed by atoms with Crippen LogP contribution in [0.2, 0.25) is 0 Å².